The van der Waals surface area contributed by atoms with E-state index in [4.69, 9.17) is 11.0 Å². The minimum absolute atomic E-state index is 0.217. The molecule has 0 aliphatic rings. The van der Waals surface area contributed by atoms with Gasteiger partial charge in [0.15, 0.2) is 0 Å². The molecule has 0 bridgehead atoms. The van der Waals surface area contributed by atoms with E-state index in [1.807, 2.05) is 13.0 Å². The second-order valence-corrected chi connectivity index (χ2v) is 3.00. The summed E-state index contributed by atoms with van der Waals surface area (Å²) >= 11 is 0. The van der Waals surface area contributed by atoms with Gasteiger partial charge in [-0.25, -0.2) is 9.97 Å². The first-order valence-corrected chi connectivity index (χ1v) is 4.46. The molecule has 74 valence electrons. The first kappa shape index (κ1) is 10.4. The van der Waals surface area contributed by atoms with E-state index in [-0.39, 0.29) is 6.04 Å². The van der Waals surface area contributed by atoms with Gasteiger partial charge in [0.25, 0.3) is 0 Å². The van der Waals surface area contributed by atoms with Crippen LogP contribution in [-0.4, -0.2) is 22.6 Å². The molecule has 0 radical (unpaired) electrons. The summed E-state index contributed by atoms with van der Waals surface area (Å²) in [5, 5.41) is 11.7. The Morgan fingerprint density at radius 3 is 3.14 bits per heavy atom. The van der Waals surface area contributed by atoms with Crippen LogP contribution in [0.25, 0.3) is 0 Å². The van der Waals surface area contributed by atoms with Crippen LogP contribution < -0.4 is 11.1 Å². The summed E-state index contributed by atoms with van der Waals surface area (Å²) in [6, 6.07) is 3.74. The molecular weight excluding hydrogens is 178 g/mol. The molecule has 0 saturated carbocycles. The van der Waals surface area contributed by atoms with E-state index in [0.717, 1.165) is 6.42 Å². The lowest BCUT2D eigenvalue weighted by Crippen LogP contribution is -2.20. The molecule has 1 aromatic rings. The van der Waals surface area contributed by atoms with Gasteiger partial charge in [-0.15, -0.1) is 0 Å². The molecule has 0 aromatic carbocycles. The molecule has 1 heterocycles. The van der Waals surface area contributed by atoms with Crippen LogP contribution in [0, 0.1) is 11.3 Å². The average Bonchev–Trinajstić information content (AvgIpc) is 2.18. The highest BCUT2D eigenvalue weighted by atomic mass is 15.1. The number of hydrogen-bond donors (Lipinski definition) is 2. The second kappa shape index (κ2) is 5.14. The first-order valence-electron chi connectivity index (χ1n) is 4.46. The van der Waals surface area contributed by atoms with Crippen LogP contribution in [0.3, 0.4) is 0 Å². The molecule has 5 heteroatoms. The van der Waals surface area contributed by atoms with Crippen LogP contribution in [-0.2, 0) is 0 Å². The fourth-order valence-corrected chi connectivity index (χ4v) is 1.03. The normalized spacial score (nSPS) is 11.8. The van der Waals surface area contributed by atoms with E-state index in [9.17, 15) is 0 Å². The van der Waals surface area contributed by atoms with Gasteiger partial charge in [-0.1, -0.05) is 0 Å². The largest absolute Gasteiger partial charge is 0.352 e. The van der Waals surface area contributed by atoms with Gasteiger partial charge in [-0.3, -0.25) is 0 Å². The molecule has 1 aromatic heterocycles. The molecule has 1 atom stereocenters. The monoisotopic (exact) mass is 191 g/mol. The standard InChI is InChI=1S/C9H13N5/c1-7(2-4-10)13-9-12-5-3-8(6-11)14-9/h3,5,7H,2,4,10H2,1H3,(H,12,13,14). The van der Waals surface area contributed by atoms with E-state index in [1.165, 1.54) is 0 Å². The summed E-state index contributed by atoms with van der Waals surface area (Å²) in [5.41, 5.74) is 5.77. The first-order chi connectivity index (χ1) is 6.76. The minimum Gasteiger partial charge on any atom is -0.352 e. The number of nitriles is 1. The van der Waals surface area contributed by atoms with Crippen LogP contribution in [0.1, 0.15) is 19.0 Å². The molecule has 3 N–H and O–H groups in total. The molecule has 5 nitrogen and oxygen atoms in total. The summed E-state index contributed by atoms with van der Waals surface area (Å²) < 4.78 is 0. The lowest BCUT2D eigenvalue weighted by Gasteiger charge is -2.11. The predicted octanol–water partition coefficient (Wildman–Crippen LogP) is 0.497. The number of hydrogen-bond acceptors (Lipinski definition) is 5. The second-order valence-electron chi connectivity index (χ2n) is 3.00. The highest BCUT2D eigenvalue weighted by Crippen LogP contribution is 2.02. The third kappa shape index (κ3) is 2.99. The van der Waals surface area contributed by atoms with Gasteiger partial charge in [0.2, 0.25) is 5.95 Å². The van der Waals surface area contributed by atoms with E-state index in [2.05, 4.69) is 15.3 Å². The topological polar surface area (TPSA) is 87.6 Å². The molecular formula is C9H13N5. The lowest BCUT2D eigenvalue weighted by molar-refractivity contribution is 0.709. The van der Waals surface area contributed by atoms with Crippen molar-refractivity contribution in [2.75, 3.05) is 11.9 Å². The average molecular weight is 191 g/mol. The Morgan fingerprint density at radius 2 is 2.50 bits per heavy atom. The number of aromatic nitrogens is 2. The van der Waals surface area contributed by atoms with Crippen molar-refractivity contribution < 1.29 is 0 Å². The minimum atomic E-state index is 0.217. The maximum absolute atomic E-state index is 8.61. The van der Waals surface area contributed by atoms with E-state index >= 15 is 0 Å². The SMILES string of the molecule is CC(CCN)Nc1nccc(C#N)n1. The van der Waals surface area contributed by atoms with Gasteiger partial charge in [0, 0.05) is 12.2 Å². The summed E-state index contributed by atoms with van der Waals surface area (Å²) in [7, 11) is 0. The van der Waals surface area contributed by atoms with Gasteiger partial charge < -0.3 is 11.1 Å². The summed E-state index contributed by atoms with van der Waals surface area (Å²) in [5.74, 6) is 0.477. The van der Waals surface area contributed by atoms with Crippen LogP contribution in [0.2, 0.25) is 0 Å². The molecule has 0 fully saturated rings. The Bertz CT molecular complexity index is 330. The van der Waals surface area contributed by atoms with Crippen molar-refractivity contribution in [2.45, 2.75) is 19.4 Å². The molecule has 0 saturated heterocycles. The molecule has 0 aliphatic heterocycles. The number of rotatable bonds is 4. The zero-order valence-corrected chi connectivity index (χ0v) is 8.07. The number of anilines is 1. The Balaban J connectivity index is 2.63. The Labute approximate surface area is 83.0 Å². The molecule has 0 amide bonds. The Kier molecular flexibility index (Phi) is 3.83. The van der Waals surface area contributed by atoms with E-state index in [1.54, 1.807) is 12.3 Å². The van der Waals surface area contributed by atoms with E-state index < -0.39 is 0 Å². The predicted molar refractivity (Wildman–Crippen MR) is 53.5 cm³/mol. The van der Waals surface area contributed by atoms with Crippen LogP contribution in [0.5, 0.6) is 0 Å². The molecule has 1 rings (SSSR count). The quantitative estimate of drug-likeness (QED) is 0.723. The van der Waals surface area contributed by atoms with Crippen molar-refractivity contribution in [3.05, 3.63) is 18.0 Å². The van der Waals surface area contributed by atoms with Crippen molar-refractivity contribution in [2.24, 2.45) is 5.73 Å². The van der Waals surface area contributed by atoms with Gasteiger partial charge >= 0.3 is 0 Å². The highest BCUT2D eigenvalue weighted by Gasteiger charge is 2.03. The van der Waals surface area contributed by atoms with Crippen molar-refractivity contribution in [1.82, 2.24) is 9.97 Å². The van der Waals surface area contributed by atoms with Gasteiger partial charge in [-0.05, 0) is 26.0 Å². The summed E-state index contributed by atoms with van der Waals surface area (Å²) in [6.07, 6.45) is 2.41. The molecule has 0 spiro atoms. The number of nitrogens with zero attached hydrogens (tertiary/aromatic N) is 3. The summed E-state index contributed by atoms with van der Waals surface area (Å²) in [4.78, 5) is 7.98. The van der Waals surface area contributed by atoms with Gasteiger partial charge in [-0.2, -0.15) is 5.26 Å². The van der Waals surface area contributed by atoms with Crippen molar-refractivity contribution in [1.29, 1.82) is 5.26 Å². The van der Waals surface area contributed by atoms with E-state index in [0.29, 0.717) is 18.2 Å². The van der Waals surface area contributed by atoms with Crippen molar-refractivity contribution in [3.63, 3.8) is 0 Å². The van der Waals surface area contributed by atoms with Gasteiger partial charge in [0.1, 0.15) is 11.8 Å². The van der Waals surface area contributed by atoms with Crippen LogP contribution >= 0.6 is 0 Å². The van der Waals surface area contributed by atoms with Crippen molar-refractivity contribution >= 4 is 5.95 Å². The third-order valence-electron chi connectivity index (χ3n) is 1.75. The number of nitrogens with one attached hydrogen (secondary N) is 1. The van der Waals surface area contributed by atoms with Crippen molar-refractivity contribution in [3.8, 4) is 6.07 Å². The summed E-state index contributed by atoms with van der Waals surface area (Å²) in [6.45, 7) is 2.61. The molecule has 1 unspecified atom stereocenters. The zero-order valence-electron chi connectivity index (χ0n) is 8.07. The van der Waals surface area contributed by atoms with Gasteiger partial charge in [0.05, 0.1) is 0 Å². The molecule has 0 aliphatic carbocycles. The third-order valence-corrected chi connectivity index (χ3v) is 1.75. The molecule has 14 heavy (non-hydrogen) atoms. The maximum atomic E-state index is 8.61. The Morgan fingerprint density at radius 1 is 1.71 bits per heavy atom. The van der Waals surface area contributed by atoms with Crippen LogP contribution in [0.15, 0.2) is 12.3 Å². The Hall–Kier alpha value is -1.67. The lowest BCUT2D eigenvalue weighted by atomic mass is 10.2. The number of nitrogens with two attached hydrogens (primary N) is 1. The smallest absolute Gasteiger partial charge is 0.224 e. The fraction of sp³-hybridized carbons (Fsp3) is 0.444. The van der Waals surface area contributed by atoms with Crippen LogP contribution in [0.4, 0.5) is 5.95 Å². The zero-order chi connectivity index (χ0) is 10.4. The maximum Gasteiger partial charge on any atom is 0.224 e. The fourth-order valence-electron chi connectivity index (χ4n) is 1.03. The highest BCUT2D eigenvalue weighted by molar-refractivity contribution is 5.30.